The van der Waals surface area contributed by atoms with Crippen LogP contribution < -0.4 is 4.74 Å². The second-order valence-corrected chi connectivity index (χ2v) is 7.98. The lowest BCUT2D eigenvalue weighted by Crippen LogP contribution is -2.40. The minimum atomic E-state index is -4.85. The van der Waals surface area contributed by atoms with Crippen molar-refractivity contribution in [2.45, 2.75) is 18.8 Å². The minimum absolute atomic E-state index is 0.00452. The second-order valence-electron chi connectivity index (χ2n) is 5.76. The summed E-state index contributed by atoms with van der Waals surface area (Å²) < 4.78 is 64.5. The maximum absolute atomic E-state index is 12.4. The van der Waals surface area contributed by atoms with E-state index in [4.69, 9.17) is 0 Å². The topological polar surface area (TPSA) is 63.7 Å². The van der Waals surface area contributed by atoms with Crippen molar-refractivity contribution in [1.82, 2.24) is 4.90 Å². The van der Waals surface area contributed by atoms with Gasteiger partial charge in [0.05, 0.1) is 11.5 Å². The Balaban J connectivity index is 2.18. The number of rotatable bonds is 6. The molecule has 0 saturated carbocycles. The molecule has 1 unspecified atom stereocenters. The van der Waals surface area contributed by atoms with Crippen LogP contribution in [0.3, 0.4) is 0 Å². The fourth-order valence-corrected chi connectivity index (χ4v) is 4.40. The fraction of sp³-hybridized carbons (Fsp3) is 0.353. The van der Waals surface area contributed by atoms with E-state index in [1.165, 1.54) is 35.3 Å². The average molecular weight is 389 g/mol. The Hall–Kier alpha value is -2.29. The van der Waals surface area contributed by atoms with Crippen LogP contribution in [0.4, 0.5) is 13.2 Å². The monoisotopic (exact) mass is 389 g/mol. The van der Waals surface area contributed by atoms with Crippen LogP contribution in [0, 0.1) is 0 Å². The van der Waals surface area contributed by atoms with E-state index in [-0.39, 0.29) is 23.6 Å². The summed E-state index contributed by atoms with van der Waals surface area (Å²) in [7, 11) is -3.18. The Morgan fingerprint density at radius 2 is 2.04 bits per heavy atom. The lowest BCUT2D eigenvalue weighted by Gasteiger charge is -2.25. The molecule has 1 saturated heterocycles. The van der Waals surface area contributed by atoms with Crippen molar-refractivity contribution in [2.75, 3.05) is 18.1 Å². The number of alkyl halides is 3. The number of halogens is 3. The third kappa shape index (κ3) is 5.62. The van der Waals surface area contributed by atoms with Crippen LogP contribution in [0.5, 0.6) is 5.75 Å². The Morgan fingerprint density at radius 3 is 2.62 bits per heavy atom. The molecule has 0 aliphatic carbocycles. The van der Waals surface area contributed by atoms with Gasteiger partial charge in [-0.1, -0.05) is 24.3 Å². The number of para-hydroxylation sites is 1. The molecule has 0 aromatic heterocycles. The molecule has 1 fully saturated rings. The maximum atomic E-state index is 12.4. The van der Waals surface area contributed by atoms with Crippen LogP contribution >= 0.6 is 0 Å². The molecule has 2 rings (SSSR count). The summed E-state index contributed by atoms with van der Waals surface area (Å²) in [6, 6.07) is 4.94. The second kappa shape index (κ2) is 7.94. The van der Waals surface area contributed by atoms with Gasteiger partial charge in [0.15, 0.2) is 9.84 Å². The number of hydrogen-bond acceptors (Lipinski definition) is 4. The summed E-state index contributed by atoms with van der Waals surface area (Å²) in [6.45, 7) is 3.69. The molecule has 1 atom stereocenters. The van der Waals surface area contributed by atoms with Gasteiger partial charge in [-0.15, -0.1) is 19.8 Å². The number of sulfone groups is 1. The largest absolute Gasteiger partial charge is 0.573 e. The molecule has 1 heterocycles. The SMILES string of the molecule is C=CCN(C(=O)C=Cc1ccccc1OC(F)(F)F)C1CCS(=O)(=O)C1. The van der Waals surface area contributed by atoms with Crippen LogP contribution in [0.1, 0.15) is 12.0 Å². The van der Waals surface area contributed by atoms with E-state index in [1.807, 2.05) is 0 Å². The van der Waals surface area contributed by atoms with Crippen molar-refractivity contribution in [2.24, 2.45) is 0 Å². The smallest absolute Gasteiger partial charge is 0.405 e. The minimum Gasteiger partial charge on any atom is -0.405 e. The van der Waals surface area contributed by atoms with E-state index in [9.17, 15) is 26.4 Å². The molecule has 26 heavy (non-hydrogen) atoms. The molecule has 1 aromatic carbocycles. The molecule has 1 amide bonds. The van der Waals surface area contributed by atoms with Crippen molar-refractivity contribution in [1.29, 1.82) is 0 Å². The zero-order chi connectivity index (χ0) is 19.4. The van der Waals surface area contributed by atoms with Gasteiger partial charge >= 0.3 is 6.36 Å². The van der Waals surface area contributed by atoms with Gasteiger partial charge in [-0.25, -0.2) is 8.42 Å². The predicted molar refractivity (Wildman–Crippen MR) is 91.1 cm³/mol. The number of benzene rings is 1. The number of carbonyl (C=O) groups is 1. The van der Waals surface area contributed by atoms with Crippen molar-refractivity contribution in [3.63, 3.8) is 0 Å². The molecule has 142 valence electrons. The molecule has 0 spiro atoms. The van der Waals surface area contributed by atoms with Gasteiger partial charge < -0.3 is 9.64 Å². The quantitative estimate of drug-likeness (QED) is 0.554. The lowest BCUT2D eigenvalue weighted by atomic mass is 10.1. The molecular formula is C17H18F3NO4S. The van der Waals surface area contributed by atoms with Crippen LogP contribution in [0.25, 0.3) is 6.08 Å². The molecule has 0 N–H and O–H groups in total. The maximum Gasteiger partial charge on any atom is 0.573 e. The van der Waals surface area contributed by atoms with E-state index in [0.29, 0.717) is 6.42 Å². The number of nitrogens with zero attached hydrogens (tertiary/aromatic N) is 1. The van der Waals surface area contributed by atoms with Gasteiger partial charge in [0.2, 0.25) is 5.91 Å². The van der Waals surface area contributed by atoms with Gasteiger partial charge in [-0.05, 0) is 18.6 Å². The Morgan fingerprint density at radius 1 is 1.35 bits per heavy atom. The summed E-state index contributed by atoms with van der Waals surface area (Å²) in [5, 5.41) is 0. The fourth-order valence-electron chi connectivity index (χ4n) is 2.67. The van der Waals surface area contributed by atoms with E-state index in [2.05, 4.69) is 11.3 Å². The first-order chi connectivity index (χ1) is 12.1. The summed E-state index contributed by atoms with van der Waals surface area (Å²) in [5.74, 6) is -1.06. The first-order valence-corrected chi connectivity index (χ1v) is 9.58. The molecule has 5 nitrogen and oxygen atoms in total. The van der Waals surface area contributed by atoms with Crippen molar-refractivity contribution < 1.29 is 31.1 Å². The van der Waals surface area contributed by atoms with Crippen LogP contribution in [-0.2, 0) is 14.6 Å². The Kier molecular flexibility index (Phi) is 6.12. The molecule has 1 aliphatic rings. The van der Waals surface area contributed by atoms with Gasteiger partial charge in [-0.3, -0.25) is 4.79 Å². The third-order valence-corrected chi connectivity index (χ3v) is 5.56. The Bertz CT molecular complexity index is 802. The molecule has 0 bridgehead atoms. The van der Waals surface area contributed by atoms with E-state index >= 15 is 0 Å². The van der Waals surface area contributed by atoms with Crippen molar-refractivity contribution in [3.8, 4) is 5.75 Å². The van der Waals surface area contributed by atoms with Gasteiger partial charge in [-0.2, -0.15) is 0 Å². The van der Waals surface area contributed by atoms with Crippen molar-refractivity contribution in [3.05, 3.63) is 48.6 Å². The molecular weight excluding hydrogens is 371 g/mol. The molecule has 0 radical (unpaired) electrons. The van der Waals surface area contributed by atoms with Gasteiger partial charge in [0, 0.05) is 24.2 Å². The lowest BCUT2D eigenvalue weighted by molar-refractivity contribution is -0.274. The van der Waals surface area contributed by atoms with Crippen LogP contribution in [0.15, 0.2) is 43.0 Å². The summed E-state index contributed by atoms with van der Waals surface area (Å²) >= 11 is 0. The zero-order valence-corrected chi connectivity index (χ0v) is 14.6. The average Bonchev–Trinajstić information content (AvgIpc) is 2.89. The highest BCUT2D eigenvalue weighted by Crippen LogP contribution is 2.27. The zero-order valence-electron chi connectivity index (χ0n) is 13.8. The first-order valence-electron chi connectivity index (χ1n) is 7.76. The summed E-state index contributed by atoms with van der Waals surface area (Å²) in [6.07, 6.45) is -0.738. The Labute approximate surface area is 149 Å². The standard InChI is InChI=1S/C17H18F3NO4S/c1-2-10-21(14-9-11-26(23,24)12-14)16(22)8-7-13-5-3-4-6-15(13)25-17(18,19)20/h2-8,14H,1,9-12H2. The number of ether oxygens (including phenoxy) is 1. The predicted octanol–water partition coefficient (Wildman–Crippen LogP) is 2.80. The van der Waals surface area contributed by atoms with Crippen LogP contribution in [-0.4, -0.2) is 49.7 Å². The van der Waals surface area contributed by atoms with E-state index in [1.54, 1.807) is 0 Å². The van der Waals surface area contributed by atoms with E-state index < -0.39 is 33.9 Å². The normalized spacial score (nSPS) is 19.4. The van der Waals surface area contributed by atoms with Crippen LogP contribution in [0.2, 0.25) is 0 Å². The number of hydrogen-bond donors (Lipinski definition) is 0. The molecule has 9 heteroatoms. The number of amides is 1. The number of carbonyl (C=O) groups excluding carboxylic acids is 1. The van der Waals surface area contributed by atoms with Crippen molar-refractivity contribution >= 4 is 21.8 Å². The third-order valence-electron chi connectivity index (χ3n) is 3.81. The molecule has 1 aromatic rings. The van der Waals surface area contributed by atoms with Gasteiger partial charge in [0.25, 0.3) is 0 Å². The summed E-state index contributed by atoms with van der Waals surface area (Å²) in [4.78, 5) is 13.8. The highest BCUT2D eigenvalue weighted by Gasteiger charge is 2.34. The summed E-state index contributed by atoms with van der Waals surface area (Å²) in [5.41, 5.74) is 0.0794. The molecule has 1 aliphatic heterocycles. The highest BCUT2D eigenvalue weighted by atomic mass is 32.2. The first kappa shape index (κ1) is 20.0. The highest BCUT2D eigenvalue weighted by molar-refractivity contribution is 7.91. The van der Waals surface area contributed by atoms with Gasteiger partial charge in [0.1, 0.15) is 5.75 Å². The van der Waals surface area contributed by atoms with E-state index in [0.717, 1.165) is 12.1 Å².